The molecule has 0 unspecified atom stereocenters. The maximum Gasteiger partial charge on any atom is 0.114 e. The second kappa shape index (κ2) is 4.57. The number of rotatable bonds is 2. The van der Waals surface area contributed by atoms with Crippen molar-refractivity contribution in [3.63, 3.8) is 0 Å². The SMILES string of the molecule is [B]c1c(C)cccc1Cc1ccccc1C. The summed E-state index contributed by atoms with van der Waals surface area (Å²) in [5.74, 6) is 0. The smallest absolute Gasteiger partial charge is 0.0903 e. The van der Waals surface area contributed by atoms with Gasteiger partial charge in [0, 0.05) is 0 Å². The average molecular weight is 206 g/mol. The molecule has 0 bridgehead atoms. The van der Waals surface area contributed by atoms with Crippen LogP contribution in [0.5, 0.6) is 0 Å². The van der Waals surface area contributed by atoms with Gasteiger partial charge in [-0.15, -0.1) is 0 Å². The van der Waals surface area contributed by atoms with E-state index in [0.717, 1.165) is 17.4 Å². The molecule has 0 nitrogen and oxygen atoms in total. The van der Waals surface area contributed by atoms with Gasteiger partial charge in [-0.3, -0.25) is 0 Å². The van der Waals surface area contributed by atoms with E-state index in [0.29, 0.717) is 0 Å². The van der Waals surface area contributed by atoms with Crippen LogP contribution in [0.25, 0.3) is 0 Å². The minimum absolute atomic E-state index is 0.917. The second-order valence-corrected chi connectivity index (χ2v) is 4.25. The lowest BCUT2D eigenvalue weighted by molar-refractivity contribution is 1.16. The summed E-state index contributed by atoms with van der Waals surface area (Å²) in [4.78, 5) is 0. The van der Waals surface area contributed by atoms with E-state index in [1.807, 2.05) is 0 Å². The van der Waals surface area contributed by atoms with Crippen molar-refractivity contribution in [1.29, 1.82) is 0 Å². The molecule has 0 amide bonds. The molecule has 2 aromatic carbocycles. The van der Waals surface area contributed by atoms with Crippen molar-refractivity contribution in [2.45, 2.75) is 20.3 Å². The summed E-state index contributed by atoms with van der Waals surface area (Å²) in [6.45, 7) is 4.19. The number of hydrogen-bond acceptors (Lipinski definition) is 0. The fraction of sp³-hybridized carbons (Fsp3) is 0.200. The number of aryl methyl sites for hydroxylation is 2. The standard InChI is InChI=1S/C15H15B/c1-11-6-3-4-8-13(11)10-14-9-5-7-12(2)15(14)16/h3-9H,10H2,1-2H3. The van der Waals surface area contributed by atoms with Crippen molar-refractivity contribution >= 4 is 13.3 Å². The fourth-order valence-corrected chi connectivity index (χ4v) is 1.91. The Hall–Kier alpha value is -1.50. The zero-order chi connectivity index (χ0) is 11.5. The first-order chi connectivity index (χ1) is 7.68. The molecule has 0 aliphatic carbocycles. The Kier molecular flexibility index (Phi) is 3.14. The van der Waals surface area contributed by atoms with E-state index in [-0.39, 0.29) is 0 Å². The van der Waals surface area contributed by atoms with E-state index < -0.39 is 0 Å². The molecule has 0 heterocycles. The van der Waals surface area contributed by atoms with Crippen LogP contribution in [0.1, 0.15) is 22.3 Å². The Morgan fingerprint density at radius 2 is 1.44 bits per heavy atom. The van der Waals surface area contributed by atoms with Gasteiger partial charge in [0.1, 0.15) is 7.85 Å². The molecule has 0 aromatic heterocycles. The minimum atomic E-state index is 0.917. The van der Waals surface area contributed by atoms with Crippen LogP contribution in [-0.4, -0.2) is 7.85 Å². The number of benzene rings is 2. The molecule has 0 saturated carbocycles. The van der Waals surface area contributed by atoms with Gasteiger partial charge >= 0.3 is 0 Å². The third-order valence-corrected chi connectivity index (χ3v) is 3.06. The molecule has 2 radical (unpaired) electrons. The second-order valence-electron chi connectivity index (χ2n) is 4.25. The lowest BCUT2D eigenvalue weighted by atomic mass is 9.83. The summed E-state index contributed by atoms with van der Waals surface area (Å²) < 4.78 is 0. The molecule has 16 heavy (non-hydrogen) atoms. The van der Waals surface area contributed by atoms with E-state index in [4.69, 9.17) is 7.85 Å². The summed E-state index contributed by atoms with van der Waals surface area (Å²) in [6, 6.07) is 14.7. The van der Waals surface area contributed by atoms with Crippen LogP contribution in [0.2, 0.25) is 0 Å². The van der Waals surface area contributed by atoms with Crippen LogP contribution in [0.3, 0.4) is 0 Å². The molecule has 0 aliphatic rings. The first-order valence-corrected chi connectivity index (χ1v) is 5.57. The van der Waals surface area contributed by atoms with E-state index in [9.17, 15) is 0 Å². The Labute approximate surface area is 98.7 Å². The summed E-state index contributed by atoms with van der Waals surface area (Å²) in [5, 5.41) is 0. The predicted octanol–water partition coefficient (Wildman–Crippen LogP) is 2.69. The zero-order valence-corrected chi connectivity index (χ0v) is 9.83. The predicted molar refractivity (Wildman–Crippen MR) is 70.6 cm³/mol. The van der Waals surface area contributed by atoms with Crippen molar-refractivity contribution < 1.29 is 0 Å². The minimum Gasteiger partial charge on any atom is -0.0903 e. The normalized spacial score (nSPS) is 10.4. The monoisotopic (exact) mass is 206 g/mol. The molecule has 78 valence electrons. The molecule has 1 heteroatoms. The van der Waals surface area contributed by atoms with E-state index in [1.54, 1.807) is 0 Å². The summed E-state index contributed by atoms with van der Waals surface area (Å²) >= 11 is 0. The van der Waals surface area contributed by atoms with Crippen LogP contribution in [0.15, 0.2) is 42.5 Å². The Morgan fingerprint density at radius 1 is 0.812 bits per heavy atom. The molecule has 0 aliphatic heterocycles. The largest absolute Gasteiger partial charge is 0.114 e. The quantitative estimate of drug-likeness (QED) is 0.662. The van der Waals surface area contributed by atoms with Crippen LogP contribution in [0, 0.1) is 13.8 Å². The molecule has 0 atom stereocenters. The topological polar surface area (TPSA) is 0 Å². The van der Waals surface area contributed by atoms with Gasteiger partial charge in [0.15, 0.2) is 0 Å². The maximum absolute atomic E-state index is 6.08. The third kappa shape index (κ3) is 2.19. The van der Waals surface area contributed by atoms with Gasteiger partial charge in [0.05, 0.1) is 0 Å². The molecule has 2 rings (SSSR count). The Balaban J connectivity index is 2.35. The lowest BCUT2D eigenvalue weighted by Crippen LogP contribution is -2.14. The van der Waals surface area contributed by atoms with Gasteiger partial charge in [0.2, 0.25) is 0 Å². The molecular weight excluding hydrogens is 191 g/mol. The van der Waals surface area contributed by atoms with Crippen LogP contribution in [-0.2, 0) is 6.42 Å². The van der Waals surface area contributed by atoms with E-state index in [1.165, 1.54) is 16.7 Å². The number of hydrogen-bond donors (Lipinski definition) is 0. The first kappa shape index (κ1) is 11.0. The zero-order valence-electron chi connectivity index (χ0n) is 9.83. The van der Waals surface area contributed by atoms with E-state index >= 15 is 0 Å². The van der Waals surface area contributed by atoms with Crippen molar-refractivity contribution in [3.8, 4) is 0 Å². The molecule has 0 spiro atoms. The van der Waals surface area contributed by atoms with Crippen LogP contribution >= 0.6 is 0 Å². The average Bonchev–Trinajstić information content (AvgIpc) is 2.28. The Morgan fingerprint density at radius 3 is 2.19 bits per heavy atom. The highest BCUT2D eigenvalue weighted by Crippen LogP contribution is 2.12. The molecule has 0 N–H and O–H groups in total. The van der Waals surface area contributed by atoms with Crippen LogP contribution < -0.4 is 5.46 Å². The fourth-order valence-electron chi connectivity index (χ4n) is 1.91. The van der Waals surface area contributed by atoms with Crippen molar-refractivity contribution in [1.82, 2.24) is 0 Å². The molecular formula is C15H15B. The van der Waals surface area contributed by atoms with Gasteiger partial charge in [-0.05, 0) is 31.4 Å². The summed E-state index contributed by atoms with van der Waals surface area (Å²) in [6.07, 6.45) is 0.917. The van der Waals surface area contributed by atoms with Crippen molar-refractivity contribution in [2.75, 3.05) is 0 Å². The maximum atomic E-state index is 6.08. The van der Waals surface area contributed by atoms with Gasteiger partial charge < -0.3 is 0 Å². The van der Waals surface area contributed by atoms with Crippen molar-refractivity contribution in [2.24, 2.45) is 0 Å². The third-order valence-electron chi connectivity index (χ3n) is 3.06. The van der Waals surface area contributed by atoms with Gasteiger partial charge in [-0.1, -0.05) is 59.1 Å². The molecule has 2 aromatic rings. The molecule has 0 saturated heterocycles. The van der Waals surface area contributed by atoms with Gasteiger partial charge in [0.25, 0.3) is 0 Å². The summed E-state index contributed by atoms with van der Waals surface area (Å²) in [7, 11) is 6.08. The summed E-state index contributed by atoms with van der Waals surface area (Å²) in [5.41, 5.74) is 5.97. The van der Waals surface area contributed by atoms with Crippen LogP contribution in [0.4, 0.5) is 0 Å². The van der Waals surface area contributed by atoms with Crippen molar-refractivity contribution in [3.05, 3.63) is 64.7 Å². The van der Waals surface area contributed by atoms with E-state index in [2.05, 4.69) is 56.3 Å². The van der Waals surface area contributed by atoms with Gasteiger partial charge in [-0.2, -0.15) is 0 Å². The first-order valence-electron chi connectivity index (χ1n) is 5.57. The lowest BCUT2D eigenvalue weighted by Gasteiger charge is -2.10. The van der Waals surface area contributed by atoms with Gasteiger partial charge in [-0.25, -0.2) is 0 Å². The molecule has 0 fully saturated rings. The Bertz CT molecular complexity index is 501. The highest BCUT2D eigenvalue weighted by Gasteiger charge is 2.03. The highest BCUT2D eigenvalue weighted by atomic mass is 14.1. The highest BCUT2D eigenvalue weighted by molar-refractivity contribution is 6.34.